The van der Waals surface area contributed by atoms with E-state index in [1.165, 1.54) is 0 Å². The standard InChI is InChI=1S/C27H23N3O3/c1-18-26(27(31)30(29(18)2)20-9-5-4-6-10-20)28-23-17-25(19-13-15-21(32-3)16-14-19)33-24-12-8-7-11-22(23)24/h4-17H,1-3H3. The average molecular weight is 437 g/mol. The van der Waals surface area contributed by atoms with E-state index in [4.69, 9.17) is 14.1 Å². The molecule has 0 aliphatic heterocycles. The van der Waals surface area contributed by atoms with Gasteiger partial charge in [0.25, 0.3) is 5.56 Å². The summed E-state index contributed by atoms with van der Waals surface area (Å²) < 4.78 is 14.9. The Bertz CT molecular complexity index is 1570. The smallest absolute Gasteiger partial charge is 0.297 e. The first kappa shape index (κ1) is 20.6. The first-order valence-electron chi connectivity index (χ1n) is 10.6. The minimum Gasteiger partial charge on any atom is -0.497 e. The molecule has 0 aliphatic rings. The van der Waals surface area contributed by atoms with Crippen molar-refractivity contribution in [1.82, 2.24) is 9.36 Å². The Kier molecular flexibility index (Phi) is 5.18. The van der Waals surface area contributed by atoms with Gasteiger partial charge in [0.05, 0.1) is 23.8 Å². The van der Waals surface area contributed by atoms with Gasteiger partial charge in [-0.05, 0) is 55.5 Å². The molecule has 0 saturated heterocycles. The summed E-state index contributed by atoms with van der Waals surface area (Å²) in [6, 6.07) is 26.8. The topological polar surface area (TPSA) is 61.7 Å². The summed E-state index contributed by atoms with van der Waals surface area (Å²) in [7, 11) is 3.50. The first-order chi connectivity index (χ1) is 16.1. The predicted molar refractivity (Wildman–Crippen MR) is 129 cm³/mol. The Morgan fingerprint density at radius 1 is 0.909 bits per heavy atom. The van der Waals surface area contributed by atoms with E-state index in [1.54, 1.807) is 11.8 Å². The Morgan fingerprint density at radius 3 is 2.33 bits per heavy atom. The molecule has 0 radical (unpaired) electrons. The zero-order chi connectivity index (χ0) is 22.9. The zero-order valence-corrected chi connectivity index (χ0v) is 18.6. The second-order valence-corrected chi connectivity index (χ2v) is 7.74. The van der Waals surface area contributed by atoms with Crippen LogP contribution in [0.25, 0.3) is 28.0 Å². The third-order valence-corrected chi connectivity index (χ3v) is 5.78. The van der Waals surface area contributed by atoms with Crippen molar-refractivity contribution in [2.75, 3.05) is 7.11 Å². The summed E-state index contributed by atoms with van der Waals surface area (Å²) in [5.41, 5.74) is 3.39. The Morgan fingerprint density at radius 2 is 1.61 bits per heavy atom. The third kappa shape index (κ3) is 3.65. The lowest BCUT2D eigenvalue weighted by molar-refractivity contribution is 0.415. The van der Waals surface area contributed by atoms with E-state index in [2.05, 4.69) is 0 Å². The van der Waals surface area contributed by atoms with Crippen LogP contribution in [0.4, 0.5) is 5.69 Å². The molecule has 0 atom stereocenters. The maximum Gasteiger partial charge on any atom is 0.297 e. The highest BCUT2D eigenvalue weighted by Gasteiger charge is 2.16. The number of rotatable bonds is 4. The van der Waals surface area contributed by atoms with Crippen molar-refractivity contribution in [3.05, 3.63) is 106 Å². The van der Waals surface area contributed by atoms with Gasteiger partial charge in [0.1, 0.15) is 17.1 Å². The molecule has 2 aromatic heterocycles. The van der Waals surface area contributed by atoms with E-state index in [9.17, 15) is 4.79 Å². The van der Waals surface area contributed by atoms with Crippen LogP contribution in [-0.4, -0.2) is 16.5 Å². The number of para-hydroxylation sites is 2. The van der Waals surface area contributed by atoms with Crippen LogP contribution in [0.2, 0.25) is 0 Å². The minimum atomic E-state index is -0.169. The van der Waals surface area contributed by atoms with E-state index in [0.29, 0.717) is 22.4 Å². The SMILES string of the molecule is COc1ccc(-c2cc(=Nc3c(C)n(C)n(-c4ccccc4)c3=O)c3ccccc3o2)cc1. The molecule has 0 unspecified atom stereocenters. The van der Waals surface area contributed by atoms with Gasteiger partial charge in [-0.2, -0.15) is 0 Å². The van der Waals surface area contributed by atoms with Gasteiger partial charge in [-0.3, -0.25) is 9.48 Å². The van der Waals surface area contributed by atoms with Gasteiger partial charge >= 0.3 is 0 Å². The van der Waals surface area contributed by atoms with Gasteiger partial charge in [-0.25, -0.2) is 9.67 Å². The normalized spacial score (nSPS) is 11.8. The van der Waals surface area contributed by atoms with Gasteiger partial charge in [0.15, 0.2) is 5.69 Å². The molecule has 0 aliphatic carbocycles. The Hall–Kier alpha value is -4.32. The van der Waals surface area contributed by atoms with Gasteiger partial charge < -0.3 is 9.15 Å². The largest absolute Gasteiger partial charge is 0.497 e. The van der Waals surface area contributed by atoms with Crippen LogP contribution in [0.5, 0.6) is 5.75 Å². The van der Waals surface area contributed by atoms with Crippen LogP contribution >= 0.6 is 0 Å². The molecule has 0 fully saturated rings. The number of methoxy groups -OCH3 is 1. The molecule has 33 heavy (non-hydrogen) atoms. The van der Waals surface area contributed by atoms with Crippen LogP contribution in [0.15, 0.2) is 99.1 Å². The van der Waals surface area contributed by atoms with Crippen molar-refractivity contribution < 1.29 is 9.15 Å². The Labute approximate surface area is 190 Å². The van der Waals surface area contributed by atoms with Crippen LogP contribution in [-0.2, 0) is 7.05 Å². The van der Waals surface area contributed by atoms with E-state index >= 15 is 0 Å². The number of fused-ring (bicyclic) bond motifs is 1. The molecule has 3 aromatic carbocycles. The van der Waals surface area contributed by atoms with Crippen molar-refractivity contribution in [1.29, 1.82) is 0 Å². The highest BCUT2D eigenvalue weighted by atomic mass is 16.5. The molecule has 5 aromatic rings. The van der Waals surface area contributed by atoms with Crippen molar-refractivity contribution in [3.8, 4) is 22.8 Å². The van der Waals surface area contributed by atoms with E-state index in [0.717, 1.165) is 28.1 Å². The fourth-order valence-electron chi connectivity index (χ4n) is 3.91. The van der Waals surface area contributed by atoms with E-state index < -0.39 is 0 Å². The van der Waals surface area contributed by atoms with Crippen molar-refractivity contribution in [2.45, 2.75) is 6.92 Å². The summed E-state index contributed by atoms with van der Waals surface area (Å²) >= 11 is 0. The molecule has 164 valence electrons. The van der Waals surface area contributed by atoms with E-state index in [-0.39, 0.29) is 5.56 Å². The number of hydrogen-bond donors (Lipinski definition) is 0. The van der Waals surface area contributed by atoms with Crippen molar-refractivity contribution in [2.24, 2.45) is 12.0 Å². The fourth-order valence-corrected chi connectivity index (χ4v) is 3.91. The number of hydrogen-bond acceptors (Lipinski definition) is 4. The van der Waals surface area contributed by atoms with Gasteiger partial charge in [-0.15, -0.1) is 0 Å². The van der Waals surface area contributed by atoms with Crippen LogP contribution < -0.4 is 15.7 Å². The van der Waals surface area contributed by atoms with Gasteiger partial charge in [-0.1, -0.05) is 30.3 Å². The lowest BCUT2D eigenvalue weighted by Crippen LogP contribution is -2.19. The number of benzene rings is 3. The summed E-state index contributed by atoms with van der Waals surface area (Å²) in [4.78, 5) is 18.2. The van der Waals surface area contributed by atoms with Crippen LogP contribution in [0.3, 0.4) is 0 Å². The van der Waals surface area contributed by atoms with Crippen molar-refractivity contribution >= 4 is 16.7 Å². The minimum absolute atomic E-state index is 0.169. The molecule has 0 amide bonds. The predicted octanol–water partition coefficient (Wildman–Crippen LogP) is 5.14. The molecule has 0 bridgehead atoms. The number of nitrogens with zero attached hydrogens (tertiary/aromatic N) is 3. The molecule has 6 heteroatoms. The lowest BCUT2D eigenvalue weighted by atomic mass is 10.1. The summed E-state index contributed by atoms with van der Waals surface area (Å²) in [5, 5.41) is 1.51. The van der Waals surface area contributed by atoms with Gasteiger partial charge in [0.2, 0.25) is 0 Å². The van der Waals surface area contributed by atoms with Crippen molar-refractivity contribution in [3.63, 3.8) is 0 Å². The maximum absolute atomic E-state index is 13.4. The fraction of sp³-hybridized carbons (Fsp3) is 0.111. The average Bonchev–Trinajstić information content (AvgIpc) is 3.07. The Balaban J connectivity index is 1.75. The second kappa shape index (κ2) is 8.31. The highest BCUT2D eigenvalue weighted by molar-refractivity contribution is 5.78. The zero-order valence-electron chi connectivity index (χ0n) is 18.6. The third-order valence-electron chi connectivity index (χ3n) is 5.78. The second-order valence-electron chi connectivity index (χ2n) is 7.74. The molecule has 0 N–H and O–H groups in total. The maximum atomic E-state index is 13.4. The molecular formula is C27H23N3O3. The molecule has 5 rings (SSSR count). The summed E-state index contributed by atoms with van der Waals surface area (Å²) in [6.07, 6.45) is 0. The lowest BCUT2D eigenvalue weighted by Gasteiger charge is -2.07. The number of aromatic nitrogens is 2. The monoisotopic (exact) mass is 437 g/mol. The molecule has 6 nitrogen and oxygen atoms in total. The quantitative estimate of drug-likeness (QED) is 0.391. The van der Waals surface area contributed by atoms with Crippen LogP contribution in [0.1, 0.15) is 5.69 Å². The molecule has 0 spiro atoms. The van der Waals surface area contributed by atoms with Crippen LogP contribution in [0, 0.1) is 6.92 Å². The van der Waals surface area contributed by atoms with Gasteiger partial charge in [0, 0.05) is 24.1 Å². The highest BCUT2D eigenvalue weighted by Crippen LogP contribution is 2.25. The van der Waals surface area contributed by atoms with E-state index in [1.807, 2.05) is 104 Å². The number of ether oxygens (including phenoxy) is 1. The summed E-state index contributed by atoms with van der Waals surface area (Å²) in [6.45, 7) is 1.90. The molecule has 2 heterocycles. The molecular weight excluding hydrogens is 414 g/mol. The summed E-state index contributed by atoms with van der Waals surface area (Å²) in [5.74, 6) is 1.43. The molecule has 0 saturated carbocycles. The first-order valence-corrected chi connectivity index (χ1v) is 10.6.